The molecule has 2 aromatic rings. The van der Waals surface area contributed by atoms with Gasteiger partial charge in [0.25, 0.3) is 0 Å². The van der Waals surface area contributed by atoms with Crippen LogP contribution in [0.25, 0.3) is 6.08 Å². The molecular formula is C16H10ClF3O4. The van der Waals surface area contributed by atoms with E-state index < -0.39 is 39.5 Å². The zero-order valence-electron chi connectivity index (χ0n) is 12.1. The summed E-state index contributed by atoms with van der Waals surface area (Å²) in [5.41, 5.74) is -2.76. The number of aryl methyl sites for hydroxylation is 1. The van der Waals surface area contributed by atoms with Gasteiger partial charge in [-0.3, -0.25) is 4.79 Å². The van der Waals surface area contributed by atoms with Crippen molar-refractivity contribution in [2.45, 2.75) is 13.1 Å². The van der Waals surface area contributed by atoms with Crippen molar-refractivity contribution < 1.29 is 27.5 Å². The molecule has 0 saturated carbocycles. The molecule has 0 radical (unpaired) electrons. The normalized spacial score (nSPS) is 11.9. The lowest BCUT2D eigenvalue weighted by Gasteiger charge is -2.10. The Morgan fingerprint density at radius 1 is 1.33 bits per heavy atom. The van der Waals surface area contributed by atoms with Crippen LogP contribution in [0.2, 0.25) is 5.02 Å². The Balaban J connectivity index is 2.39. The van der Waals surface area contributed by atoms with E-state index in [0.29, 0.717) is 0 Å². The maximum atomic E-state index is 12.8. The van der Waals surface area contributed by atoms with E-state index in [9.17, 15) is 27.9 Å². The number of hydrogen-bond donors (Lipinski definition) is 1. The van der Waals surface area contributed by atoms with Crippen LogP contribution in [0, 0.1) is 6.92 Å². The van der Waals surface area contributed by atoms with E-state index in [4.69, 9.17) is 16.0 Å². The molecule has 0 spiro atoms. The highest BCUT2D eigenvalue weighted by molar-refractivity contribution is 6.33. The molecule has 0 bridgehead atoms. The number of halogens is 4. The molecule has 0 saturated heterocycles. The van der Waals surface area contributed by atoms with Gasteiger partial charge in [0.15, 0.2) is 5.78 Å². The molecule has 0 aliphatic rings. The first kappa shape index (κ1) is 17.8. The highest BCUT2D eigenvalue weighted by Gasteiger charge is 2.33. The van der Waals surface area contributed by atoms with Gasteiger partial charge in [-0.2, -0.15) is 13.2 Å². The zero-order valence-corrected chi connectivity index (χ0v) is 12.9. The van der Waals surface area contributed by atoms with E-state index >= 15 is 0 Å². The summed E-state index contributed by atoms with van der Waals surface area (Å²) in [7, 11) is 0. The first-order valence-electron chi connectivity index (χ1n) is 6.53. The summed E-state index contributed by atoms with van der Waals surface area (Å²) < 4.78 is 43.0. The van der Waals surface area contributed by atoms with Crippen LogP contribution in [0.5, 0.6) is 5.75 Å². The van der Waals surface area contributed by atoms with E-state index in [1.807, 2.05) is 0 Å². The first-order chi connectivity index (χ1) is 11.1. The summed E-state index contributed by atoms with van der Waals surface area (Å²) in [6.07, 6.45) is -2.78. The van der Waals surface area contributed by atoms with Crippen LogP contribution in [-0.2, 0) is 6.18 Å². The first-order valence-corrected chi connectivity index (χ1v) is 6.91. The number of benzene rings is 1. The highest BCUT2D eigenvalue weighted by Crippen LogP contribution is 2.36. The molecule has 126 valence electrons. The molecule has 0 fully saturated rings. The van der Waals surface area contributed by atoms with Gasteiger partial charge in [-0.1, -0.05) is 23.7 Å². The summed E-state index contributed by atoms with van der Waals surface area (Å²) in [5.74, 6) is -1.39. The standard InChI is InChI=1S/C16H10ClF3O4/c1-8-7-12(22)13(15(23)24-8)11(21)6-5-9-3-2-4-10(14(9)17)16(18,19)20/h2-7,22H,1H3/b6-5+. The number of rotatable bonds is 3. The molecule has 1 aromatic carbocycles. The lowest BCUT2D eigenvalue weighted by atomic mass is 10.1. The summed E-state index contributed by atoms with van der Waals surface area (Å²) in [6.45, 7) is 1.41. The average molecular weight is 359 g/mol. The van der Waals surface area contributed by atoms with Crippen molar-refractivity contribution in [3.8, 4) is 5.75 Å². The van der Waals surface area contributed by atoms with Crippen LogP contribution in [0.4, 0.5) is 13.2 Å². The van der Waals surface area contributed by atoms with Gasteiger partial charge in [-0.05, 0) is 30.7 Å². The summed E-state index contributed by atoms with van der Waals surface area (Å²) in [5, 5.41) is 9.08. The number of allylic oxidation sites excluding steroid dienone is 1. The average Bonchev–Trinajstić information content (AvgIpc) is 2.43. The van der Waals surface area contributed by atoms with Gasteiger partial charge in [-0.15, -0.1) is 0 Å². The Morgan fingerprint density at radius 2 is 2.00 bits per heavy atom. The van der Waals surface area contributed by atoms with Gasteiger partial charge in [0.2, 0.25) is 0 Å². The van der Waals surface area contributed by atoms with Gasteiger partial charge in [0.1, 0.15) is 17.1 Å². The summed E-state index contributed by atoms with van der Waals surface area (Å²) >= 11 is 5.69. The molecule has 0 unspecified atom stereocenters. The van der Waals surface area contributed by atoms with Crippen molar-refractivity contribution in [3.05, 3.63) is 68.2 Å². The van der Waals surface area contributed by atoms with E-state index in [0.717, 1.165) is 30.4 Å². The fraction of sp³-hybridized carbons (Fsp3) is 0.125. The second kappa shape index (κ2) is 6.52. The maximum Gasteiger partial charge on any atom is 0.417 e. The molecule has 1 heterocycles. The van der Waals surface area contributed by atoms with Gasteiger partial charge in [0.05, 0.1) is 10.6 Å². The molecule has 2 rings (SSSR count). The van der Waals surface area contributed by atoms with Gasteiger partial charge >= 0.3 is 11.8 Å². The van der Waals surface area contributed by atoms with Crippen LogP contribution in [0.3, 0.4) is 0 Å². The number of carbonyl (C=O) groups excluding carboxylic acids is 1. The topological polar surface area (TPSA) is 67.5 Å². The lowest BCUT2D eigenvalue weighted by molar-refractivity contribution is -0.137. The Kier molecular flexibility index (Phi) is 4.84. The Hall–Kier alpha value is -2.54. The molecule has 8 heteroatoms. The third-order valence-electron chi connectivity index (χ3n) is 3.05. The predicted molar refractivity (Wildman–Crippen MR) is 81.2 cm³/mol. The fourth-order valence-electron chi connectivity index (χ4n) is 1.97. The monoisotopic (exact) mass is 358 g/mol. The van der Waals surface area contributed by atoms with Crippen molar-refractivity contribution in [1.82, 2.24) is 0 Å². The summed E-state index contributed by atoms with van der Waals surface area (Å²) in [4.78, 5) is 23.6. The lowest BCUT2D eigenvalue weighted by Crippen LogP contribution is -2.13. The van der Waals surface area contributed by atoms with Crippen LogP contribution in [0.1, 0.15) is 27.2 Å². The minimum atomic E-state index is -4.64. The van der Waals surface area contributed by atoms with Gasteiger partial charge in [-0.25, -0.2) is 4.79 Å². The number of hydrogen-bond acceptors (Lipinski definition) is 4. The van der Waals surface area contributed by atoms with Crippen molar-refractivity contribution in [2.75, 3.05) is 0 Å². The number of aromatic hydroxyl groups is 1. The van der Waals surface area contributed by atoms with Crippen LogP contribution in [0.15, 0.2) is 39.6 Å². The molecule has 4 nitrogen and oxygen atoms in total. The molecular weight excluding hydrogens is 349 g/mol. The zero-order chi connectivity index (χ0) is 18.1. The van der Waals surface area contributed by atoms with Gasteiger partial charge in [0, 0.05) is 6.07 Å². The Bertz CT molecular complexity index is 882. The molecule has 0 aliphatic carbocycles. The SMILES string of the molecule is Cc1cc(O)c(C(=O)/C=C/c2cccc(C(F)(F)F)c2Cl)c(=O)o1. The maximum absolute atomic E-state index is 12.8. The second-order valence-corrected chi connectivity index (χ2v) is 5.19. The van der Waals surface area contributed by atoms with Crippen LogP contribution >= 0.6 is 11.6 Å². The number of alkyl halides is 3. The molecule has 1 N–H and O–H groups in total. The second-order valence-electron chi connectivity index (χ2n) is 4.81. The third-order valence-corrected chi connectivity index (χ3v) is 3.47. The minimum absolute atomic E-state index is 0.0594. The molecule has 0 amide bonds. The van der Waals surface area contributed by atoms with Crippen molar-refractivity contribution >= 4 is 23.5 Å². The predicted octanol–water partition coefficient (Wildman–Crippen LogP) is 4.22. The number of ketones is 1. The quantitative estimate of drug-likeness (QED) is 0.659. The van der Waals surface area contributed by atoms with Crippen molar-refractivity contribution in [3.63, 3.8) is 0 Å². The molecule has 1 aromatic heterocycles. The fourth-order valence-corrected chi connectivity index (χ4v) is 2.27. The molecule has 0 atom stereocenters. The van der Waals surface area contributed by atoms with E-state index in [2.05, 4.69) is 0 Å². The molecule has 0 aliphatic heterocycles. The smallest absolute Gasteiger partial charge is 0.417 e. The van der Waals surface area contributed by atoms with Crippen molar-refractivity contribution in [1.29, 1.82) is 0 Å². The summed E-state index contributed by atoms with van der Waals surface area (Å²) in [6, 6.07) is 4.30. The Morgan fingerprint density at radius 3 is 2.58 bits per heavy atom. The highest BCUT2D eigenvalue weighted by atomic mass is 35.5. The van der Waals surface area contributed by atoms with Gasteiger partial charge < -0.3 is 9.52 Å². The third kappa shape index (κ3) is 3.68. The number of carbonyl (C=O) groups is 1. The van der Waals surface area contributed by atoms with Crippen LogP contribution in [-0.4, -0.2) is 10.9 Å². The van der Waals surface area contributed by atoms with Crippen molar-refractivity contribution in [2.24, 2.45) is 0 Å². The van der Waals surface area contributed by atoms with E-state index in [-0.39, 0.29) is 11.3 Å². The Labute approximate surface area is 138 Å². The van der Waals surface area contributed by atoms with E-state index in [1.54, 1.807) is 0 Å². The van der Waals surface area contributed by atoms with E-state index in [1.165, 1.54) is 13.0 Å². The van der Waals surface area contributed by atoms with Crippen LogP contribution < -0.4 is 5.63 Å². The minimum Gasteiger partial charge on any atom is -0.507 e. The molecule has 24 heavy (non-hydrogen) atoms. The largest absolute Gasteiger partial charge is 0.507 e.